The van der Waals surface area contributed by atoms with Gasteiger partial charge in [-0.2, -0.15) is 5.10 Å². The lowest BCUT2D eigenvalue weighted by atomic mass is 10.1. The number of rotatable bonds is 8. The van der Waals surface area contributed by atoms with Crippen molar-refractivity contribution in [3.8, 4) is 11.7 Å². The Balaban J connectivity index is 1.64. The minimum absolute atomic E-state index is 0.228. The summed E-state index contributed by atoms with van der Waals surface area (Å²) in [7, 11) is 0. The van der Waals surface area contributed by atoms with Crippen LogP contribution in [0.5, 0.6) is 5.75 Å². The van der Waals surface area contributed by atoms with E-state index < -0.39 is 5.25 Å². The van der Waals surface area contributed by atoms with Crippen LogP contribution in [0.4, 0.5) is 5.69 Å². The second kappa shape index (κ2) is 9.78. The molecule has 1 unspecified atom stereocenters. The highest BCUT2D eigenvalue weighted by molar-refractivity contribution is 8.00. The molecule has 4 aromatic rings. The summed E-state index contributed by atoms with van der Waals surface area (Å²) in [4.78, 5) is 13.4. The lowest BCUT2D eigenvalue weighted by Crippen LogP contribution is -2.21. The number of carbonyl (C=O) groups excluding carboxylic acids is 1. The fourth-order valence-corrected chi connectivity index (χ4v) is 4.33. The van der Waals surface area contributed by atoms with Gasteiger partial charge in [0.25, 0.3) is 5.95 Å². The molecule has 2 aromatic heterocycles. The number of amides is 1. The van der Waals surface area contributed by atoms with E-state index in [1.54, 1.807) is 4.68 Å². The minimum atomic E-state index is -0.624. The predicted octanol–water partition coefficient (Wildman–Crippen LogP) is 3.67. The van der Waals surface area contributed by atoms with Gasteiger partial charge >= 0.3 is 0 Å². The Labute approximate surface area is 195 Å². The van der Waals surface area contributed by atoms with Gasteiger partial charge in [0.1, 0.15) is 11.0 Å². The van der Waals surface area contributed by atoms with E-state index in [1.807, 2.05) is 81.4 Å². The van der Waals surface area contributed by atoms with Crippen LogP contribution in [0.25, 0.3) is 5.95 Å². The molecule has 0 spiro atoms. The van der Waals surface area contributed by atoms with Crippen molar-refractivity contribution in [3.05, 3.63) is 77.6 Å². The van der Waals surface area contributed by atoms with Crippen molar-refractivity contribution in [1.82, 2.24) is 24.7 Å². The standard InChI is InChI=1S/C23H25N7O2S/c1-4-32-19-13-9-8-12-18(19)25-21(31)20(17-10-6-5-7-11-17)33-23-27-26-22(29(23)24)30-16(3)14-15(2)28-30/h5-14,20H,4,24H2,1-3H3,(H,25,31). The molecule has 33 heavy (non-hydrogen) atoms. The van der Waals surface area contributed by atoms with Gasteiger partial charge in [0.15, 0.2) is 0 Å². The molecule has 0 radical (unpaired) electrons. The molecule has 170 valence electrons. The number of nitrogens with two attached hydrogens (primary N) is 1. The van der Waals surface area contributed by atoms with Gasteiger partial charge in [0, 0.05) is 5.69 Å². The number of aromatic nitrogens is 5. The molecule has 0 aliphatic rings. The van der Waals surface area contributed by atoms with Crippen molar-refractivity contribution in [1.29, 1.82) is 0 Å². The van der Waals surface area contributed by atoms with Crippen molar-refractivity contribution >= 4 is 23.4 Å². The Kier molecular flexibility index (Phi) is 6.64. The Morgan fingerprint density at radius 2 is 1.85 bits per heavy atom. The maximum Gasteiger partial charge on any atom is 0.271 e. The van der Waals surface area contributed by atoms with Crippen LogP contribution in [0.3, 0.4) is 0 Å². The average molecular weight is 464 g/mol. The van der Waals surface area contributed by atoms with Crippen LogP contribution in [-0.2, 0) is 4.79 Å². The Morgan fingerprint density at radius 3 is 2.55 bits per heavy atom. The van der Waals surface area contributed by atoms with Gasteiger partial charge in [-0.25, -0.2) is 9.36 Å². The second-order valence-electron chi connectivity index (χ2n) is 7.32. The molecule has 2 aromatic carbocycles. The zero-order chi connectivity index (χ0) is 23.4. The highest BCUT2D eigenvalue weighted by atomic mass is 32.2. The Bertz CT molecular complexity index is 1250. The number of aryl methyl sites for hydroxylation is 2. The SMILES string of the molecule is CCOc1ccccc1NC(=O)C(Sc1nnc(-n2nc(C)cc2C)n1N)c1ccccc1. The molecule has 10 heteroatoms. The van der Waals surface area contributed by atoms with Gasteiger partial charge in [-0.1, -0.05) is 54.2 Å². The number of benzene rings is 2. The number of nitrogens with one attached hydrogen (secondary N) is 1. The first-order chi connectivity index (χ1) is 16.0. The number of hydrogen-bond donors (Lipinski definition) is 2. The van der Waals surface area contributed by atoms with Gasteiger partial charge in [-0.15, -0.1) is 10.2 Å². The summed E-state index contributed by atoms with van der Waals surface area (Å²) in [5, 5.41) is 15.6. The first kappa shape index (κ1) is 22.4. The monoisotopic (exact) mass is 463 g/mol. The Hall–Kier alpha value is -3.79. The first-order valence-electron chi connectivity index (χ1n) is 10.5. The van der Waals surface area contributed by atoms with Crippen molar-refractivity contribution < 1.29 is 9.53 Å². The van der Waals surface area contributed by atoms with Gasteiger partial charge < -0.3 is 15.9 Å². The fraction of sp³-hybridized carbons (Fsp3) is 0.217. The molecule has 1 atom stereocenters. The summed E-state index contributed by atoms with van der Waals surface area (Å²) < 4.78 is 8.62. The molecular weight excluding hydrogens is 438 g/mol. The summed E-state index contributed by atoms with van der Waals surface area (Å²) in [6, 6.07) is 18.7. The maximum atomic E-state index is 13.4. The normalized spacial score (nSPS) is 11.8. The summed E-state index contributed by atoms with van der Waals surface area (Å²) in [5.74, 6) is 7.07. The van der Waals surface area contributed by atoms with Crippen molar-refractivity contribution in [2.75, 3.05) is 17.8 Å². The van der Waals surface area contributed by atoms with E-state index in [9.17, 15) is 4.79 Å². The van der Waals surface area contributed by atoms with Crippen molar-refractivity contribution in [2.45, 2.75) is 31.2 Å². The second-order valence-corrected chi connectivity index (χ2v) is 8.39. The smallest absolute Gasteiger partial charge is 0.271 e. The number of nitrogen functional groups attached to an aromatic ring is 1. The average Bonchev–Trinajstić information content (AvgIpc) is 3.34. The molecule has 2 heterocycles. The molecule has 0 aliphatic carbocycles. The van der Waals surface area contributed by atoms with E-state index in [1.165, 1.54) is 16.4 Å². The van der Waals surface area contributed by atoms with Crippen LogP contribution in [0.2, 0.25) is 0 Å². The third-order valence-electron chi connectivity index (χ3n) is 4.85. The number of para-hydroxylation sites is 2. The number of hydrogen-bond acceptors (Lipinski definition) is 7. The summed E-state index contributed by atoms with van der Waals surface area (Å²) in [6.07, 6.45) is 0. The van der Waals surface area contributed by atoms with E-state index in [0.29, 0.717) is 29.1 Å². The summed E-state index contributed by atoms with van der Waals surface area (Å²) >= 11 is 1.21. The van der Waals surface area contributed by atoms with E-state index in [-0.39, 0.29) is 5.91 Å². The zero-order valence-electron chi connectivity index (χ0n) is 18.6. The number of thioether (sulfide) groups is 1. The molecule has 1 amide bonds. The Morgan fingerprint density at radius 1 is 1.12 bits per heavy atom. The molecule has 0 saturated heterocycles. The molecule has 4 rings (SSSR count). The first-order valence-corrected chi connectivity index (χ1v) is 11.3. The van der Waals surface area contributed by atoms with Gasteiger partial charge in [-0.05, 0) is 44.5 Å². The van der Waals surface area contributed by atoms with Crippen molar-refractivity contribution in [3.63, 3.8) is 0 Å². The largest absolute Gasteiger partial charge is 0.492 e. The predicted molar refractivity (Wildman–Crippen MR) is 128 cm³/mol. The molecule has 0 saturated carbocycles. The van der Waals surface area contributed by atoms with Gasteiger partial charge in [-0.3, -0.25) is 4.79 Å². The van der Waals surface area contributed by atoms with Crippen LogP contribution in [0.1, 0.15) is 29.1 Å². The third kappa shape index (κ3) is 4.85. The van der Waals surface area contributed by atoms with Crippen LogP contribution < -0.4 is 15.9 Å². The van der Waals surface area contributed by atoms with E-state index in [0.717, 1.165) is 17.0 Å². The van der Waals surface area contributed by atoms with Crippen LogP contribution in [0.15, 0.2) is 65.8 Å². The lowest BCUT2D eigenvalue weighted by molar-refractivity contribution is -0.115. The molecule has 3 N–H and O–H groups in total. The lowest BCUT2D eigenvalue weighted by Gasteiger charge is -2.18. The third-order valence-corrected chi connectivity index (χ3v) is 6.07. The topological polar surface area (TPSA) is 113 Å². The van der Waals surface area contributed by atoms with Gasteiger partial charge in [0.05, 0.1) is 18.0 Å². The highest BCUT2D eigenvalue weighted by Crippen LogP contribution is 2.36. The quantitative estimate of drug-likeness (QED) is 0.303. The maximum absolute atomic E-state index is 13.4. The zero-order valence-corrected chi connectivity index (χ0v) is 19.4. The van der Waals surface area contributed by atoms with Crippen molar-refractivity contribution in [2.24, 2.45) is 0 Å². The van der Waals surface area contributed by atoms with Crippen LogP contribution in [-0.4, -0.2) is 37.2 Å². The van der Waals surface area contributed by atoms with Crippen LogP contribution in [0, 0.1) is 13.8 Å². The summed E-state index contributed by atoms with van der Waals surface area (Å²) in [5.41, 5.74) is 3.14. The minimum Gasteiger partial charge on any atom is -0.492 e. The number of nitrogens with zero attached hydrogens (tertiary/aromatic N) is 5. The molecular formula is C23H25N7O2S. The number of ether oxygens (including phenoxy) is 1. The van der Waals surface area contributed by atoms with E-state index in [4.69, 9.17) is 10.6 Å². The molecule has 0 fully saturated rings. The molecule has 9 nitrogen and oxygen atoms in total. The van der Waals surface area contributed by atoms with E-state index >= 15 is 0 Å². The summed E-state index contributed by atoms with van der Waals surface area (Å²) in [6.45, 7) is 6.20. The number of anilines is 1. The highest BCUT2D eigenvalue weighted by Gasteiger charge is 2.27. The van der Waals surface area contributed by atoms with E-state index in [2.05, 4.69) is 20.6 Å². The van der Waals surface area contributed by atoms with Crippen LogP contribution >= 0.6 is 11.8 Å². The molecule has 0 bridgehead atoms. The van der Waals surface area contributed by atoms with Gasteiger partial charge in [0.2, 0.25) is 11.1 Å². The molecule has 0 aliphatic heterocycles. The number of carbonyl (C=O) groups is 1. The fourth-order valence-electron chi connectivity index (χ4n) is 3.38.